The van der Waals surface area contributed by atoms with Crippen molar-refractivity contribution in [3.8, 4) is 0 Å². The van der Waals surface area contributed by atoms with Gasteiger partial charge in [0.25, 0.3) is 5.91 Å². The maximum absolute atomic E-state index is 10.6. The fourth-order valence-corrected chi connectivity index (χ4v) is 0.476. The number of amides is 2. The summed E-state index contributed by atoms with van der Waals surface area (Å²) in [6.45, 7) is 1.55. The van der Waals surface area contributed by atoms with Gasteiger partial charge in [-0.25, -0.2) is 4.79 Å². The van der Waals surface area contributed by atoms with E-state index in [1.54, 1.807) is 6.92 Å². The third-order valence-corrected chi connectivity index (χ3v) is 1.23. The van der Waals surface area contributed by atoms with Crippen molar-refractivity contribution in [3.63, 3.8) is 0 Å². The van der Waals surface area contributed by atoms with Gasteiger partial charge in [0.1, 0.15) is 0 Å². The Morgan fingerprint density at radius 3 is 2.00 bits per heavy atom. The van der Waals surface area contributed by atoms with Gasteiger partial charge in [0.2, 0.25) is 5.72 Å². The Kier molecular flexibility index (Phi) is 2.82. The van der Waals surface area contributed by atoms with Gasteiger partial charge in [0, 0.05) is 6.42 Å². The van der Waals surface area contributed by atoms with Crippen molar-refractivity contribution in [1.82, 2.24) is 0 Å². The van der Waals surface area contributed by atoms with Gasteiger partial charge in [0.05, 0.1) is 0 Å². The molecule has 1 atom stereocenters. The first-order valence-electron chi connectivity index (χ1n) is 2.99. The van der Waals surface area contributed by atoms with Crippen molar-refractivity contribution in [2.24, 2.45) is 17.2 Å². The number of carbonyl (C=O) groups excluding carboxylic acids is 2. The molecule has 6 nitrogen and oxygen atoms in total. The molecule has 0 rings (SSSR count). The largest absolute Gasteiger partial charge is 0.418 e. The molecule has 0 aromatic rings. The van der Waals surface area contributed by atoms with Crippen LogP contribution in [-0.4, -0.2) is 17.7 Å². The fourth-order valence-electron chi connectivity index (χ4n) is 0.476. The molecule has 1 unspecified atom stereocenters. The first kappa shape index (κ1) is 9.70. The van der Waals surface area contributed by atoms with Gasteiger partial charge in [0.15, 0.2) is 0 Å². The maximum atomic E-state index is 10.6. The Balaban J connectivity index is 4.34. The van der Waals surface area contributed by atoms with E-state index >= 15 is 0 Å². The van der Waals surface area contributed by atoms with Crippen LogP contribution in [0.3, 0.4) is 0 Å². The second-order valence-electron chi connectivity index (χ2n) is 2.03. The van der Waals surface area contributed by atoms with Crippen LogP contribution in [0.5, 0.6) is 0 Å². The highest BCUT2D eigenvalue weighted by Crippen LogP contribution is 2.06. The zero-order valence-corrected chi connectivity index (χ0v) is 6.16. The van der Waals surface area contributed by atoms with E-state index in [1.807, 2.05) is 0 Å². The third-order valence-electron chi connectivity index (χ3n) is 1.23. The zero-order chi connectivity index (χ0) is 9.07. The summed E-state index contributed by atoms with van der Waals surface area (Å²) in [7, 11) is 0. The normalized spacial score (nSPS) is 15.1. The summed E-state index contributed by atoms with van der Waals surface area (Å²) < 4.78 is 4.29. The van der Waals surface area contributed by atoms with Gasteiger partial charge < -0.3 is 16.2 Å². The summed E-state index contributed by atoms with van der Waals surface area (Å²) in [6.07, 6.45) is -1.03. The summed E-state index contributed by atoms with van der Waals surface area (Å²) in [5.41, 5.74) is 12.9. The van der Waals surface area contributed by atoms with Crippen LogP contribution in [0.25, 0.3) is 0 Å². The molecule has 0 aliphatic heterocycles. The Labute approximate surface area is 63.7 Å². The molecule has 0 fully saturated rings. The highest BCUT2D eigenvalue weighted by Gasteiger charge is 2.33. The van der Waals surface area contributed by atoms with E-state index in [9.17, 15) is 9.59 Å². The van der Waals surface area contributed by atoms with Gasteiger partial charge in [-0.1, -0.05) is 6.92 Å². The third kappa shape index (κ3) is 2.42. The van der Waals surface area contributed by atoms with Crippen molar-refractivity contribution < 1.29 is 14.3 Å². The number of primary amides is 2. The summed E-state index contributed by atoms with van der Waals surface area (Å²) >= 11 is 0. The molecule has 11 heavy (non-hydrogen) atoms. The molecule has 0 saturated carbocycles. The monoisotopic (exact) mass is 161 g/mol. The van der Waals surface area contributed by atoms with Gasteiger partial charge in [-0.15, -0.1) is 0 Å². The van der Waals surface area contributed by atoms with E-state index in [-0.39, 0.29) is 6.42 Å². The smallest absolute Gasteiger partial charge is 0.406 e. The molecule has 6 N–H and O–H groups in total. The number of ether oxygens (including phenoxy) is 1. The minimum Gasteiger partial charge on any atom is -0.418 e. The first-order chi connectivity index (χ1) is 4.92. The van der Waals surface area contributed by atoms with E-state index in [4.69, 9.17) is 11.5 Å². The first-order valence-corrected chi connectivity index (χ1v) is 2.99. The standard InChI is InChI=1S/C5H11N3O3/c1-2-5(8,3(6)9)11-4(7)10/h2,8H2,1H3,(H2,6,9)(H2,7,10). The molecular formula is C5H11N3O3. The van der Waals surface area contributed by atoms with Gasteiger partial charge in [-0.3, -0.25) is 10.5 Å². The van der Waals surface area contributed by atoms with Crippen LogP contribution in [0.15, 0.2) is 0 Å². The summed E-state index contributed by atoms with van der Waals surface area (Å²) in [5, 5.41) is 0. The van der Waals surface area contributed by atoms with Crippen molar-refractivity contribution in [2.45, 2.75) is 19.1 Å². The average Bonchev–Trinajstić information content (AvgIpc) is 1.86. The number of carbonyl (C=O) groups is 2. The minimum atomic E-state index is -1.77. The second kappa shape index (κ2) is 3.20. The molecular weight excluding hydrogens is 150 g/mol. The van der Waals surface area contributed by atoms with Crippen LogP contribution in [-0.2, 0) is 9.53 Å². The van der Waals surface area contributed by atoms with Crippen LogP contribution in [0.2, 0.25) is 0 Å². The SMILES string of the molecule is CCC(N)(OC(N)=O)C(N)=O. The Hall–Kier alpha value is -1.30. The summed E-state index contributed by atoms with van der Waals surface area (Å²) in [5.74, 6) is -0.918. The lowest BCUT2D eigenvalue weighted by molar-refractivity contribution is -0.136. The molecule has 0 radical (unpaired) electrons. The van der Waals surface area contributed by atoms with Crippen LogP contribution in [0.4, 0.5) is 4.79 Å². The molecule has 0 heterocycles. The lowest BCUT2D eigenvalue weighted by atomic mass is 10.1. The Bertz CT molecular complexity index is 182. The molecule has 0 spiro atoms. The van der Waals surface area contributed by atoms with Gasteiger partial charge in [-0.05, 0) is 0 Å². The molecule has 0 aromatic heterocycles. The quantitative estimate of drug-likeness (QED) is 0.442. The second-order valence-corrected chi connectivity index (χ2v) is 2.03. The Morgan fingerprint density at radius 1 is 1.45 bits per heavy atom. The van der Waals surface area contributed by atoms with E-state index in [1.165, 1.54) is 0 Å². The van der Waals surface area contributed by atoms with E-state index in [0.717, 1.165) is 0 Å². The van der Waals surface area contributed by atoms with Crippen molar-refractivity contribution in [1.29, 1.82) is 0 Å². The Morgan fingerprint density at radius 2 is 1.91 bits per heavy atom. The lowest BCUT2D eigenvalue weighted by Crippen LogP contribution is -2.55. The average molecular weight is 161 g/mol. The topological polar surface area (TPSA) is 121 Å². The molecule has 0 aliphatic carbocycles. The van der Waals surface area contributed by atoms with Crippen LogP contribution < -0.4 is 17.2 Å². The predicted molar refractivity (Wildman–Crippen MR) is 37.1 cm³/mol. The highest BCUT2D eigenvalue weighted by molar-refractivity contribution is 5.85. The molecule has 0 aromatic carbocycles. The van der Waals surface area contributed by atoms with E-state index in [2.05, 4.69) is 10.5 Å². The van der Waals surface area contributed by atoms with Crippen LogP contribution in [0.1, 0.15) is 13.3 Å². The molecule has 0 aliphatic rings. The van der Waals surface area contributed by atoms with E-state index < -0.39 is 17.7 Å². The molecule has 0 bridgehead atoms. The minimum absolute atomic E-state index is 0.0886. The number of hydrogen-bond donors (Lipinski definition) is 3. The molecule has 64 valence electrons. The fraction of sp³-hybridized carbons (Fsp3) is 0.600. The van der Waals surface area contributed by atoms with Gasteiger partial charge in [-0.2, -0.15) is 0 Å². The molecule has 0 saturated heterocycles. The number of hydrogen-bond acceptors (Lipinski definition) is 4. The van der Waals surface area contributed by atoms with Crippen molar-refractivity contribution >= 4 is 12.0 Å². The number of rotatable bonds is 3. The van der Waals surface area contributed by atoms with E-state index in [0.29, 0.717) is 0 Å². The summed E-state index contributed by atoms with van der Waals surface area (Å²) in [4.78, 5) is 20.7. The summed E-state index contributed by atoms with van der Waals surface area (Å²) in [6, 6.07) is 0. The van der Waals surface area contributed by atoms with Gasteiger partial charge >= 0.3 is 6.09 Å². The van der Waals surface area contributed by atoms with Crippen molar-refractivity contribution in [2.75, 3.05) is 0 Å². The van der Waals surface area contributed by atoms with Crippen LogP contribution in [0, 0.1) is 0 Å². The molecule has 2 amide bonds. The lowest BCUT2D eigenvalue weighted by Gasteiger charge is -2.22. The van der Waals surface area contributed by atoms with Crippen molar-refractivity contribution in [3.05, 3.63) is 0 Å². The number of nitrogens with two attached hydrogens (primary N) is 3. The highest BCUT2D eigenvalue weighted by atomic mass is 16.6. The molecule has 6 heteroatoms. The van der Waals surface area contributed by atoms with Crippen LogP contribution >= 0.6 is 0 Å². The predicted octanol–water partition coefficient (Wildman–Crippen LogP) is -1.37. The maximum Gasteiger partial charge on any atom is 0.406 e. The zero-order valence-electron chi connectivity index (χ0n) is 6.16.